The zero-order chi connectivity index (χ0) is 11.5. The highest BCUT2D eigenvalue weighted by molar-refractivity contribution is 5.21. The van der Waals surface area contributed by atoms with Crippen LogP contribution in [-0.4, -0.2) is 17.8 Å². The van der Waals surface area contributed by atoms with Crippen LogP contribution in [0.2, 0.25) is 0 Å². The Kier molecular flexibility index (Phi) is 3.62. The second kappa shape index (κ2) is 4.98. The number of benzene rings is 1. The van der Waals surface area contributed by atoms with Gasteiger partial charge in [0.25, 0.3) is 0 Å². The molecule has 0 saturated heterocycles. The fourth-order valence-corrected chi connectivity index (χ4v) is 2.44. The van der Waals surface area contributed by atoms with Crippen molar-refractivity contribution in [3.05, 3.63) is 35.9 Å². The largest absolute Gasteiger partial charge is 0.392 e. The highest BCUT2D eigenvalue weighted by Gasteiger charge is 2.35. The number of aliphatic hydroxyl groups excluding tert-OH is 1. The van der Waals surface area contributed by atoms with Gasteiger partial charge in [0, 0.05) is 12.5 Å². The summed E-state index contributed by atoms with van der Waals surface area (Å²) in [7, 11) is 0. The van der Waals surface area contributed by atoms with E-state index in [1.807, 2.05) is 18.2 Å². The van der Waals surface area contributed by atoms with Crippen molar-refractivity contribution in [3.63, 3.8) is 0 Å². The smallest absolute Gasteiger partial charge is 0.0648 e. The van der Waals surface area contributed by atoms with Gasteiger partial charge in [-0.1, -0.05) is 37.3 Å². The Hall–Kier alpha value is -0.860. The molecule has 0 bridgehead atoms. The maximum atomic E-state index is 10.4. The topological polar surface area (TPSA) is 46.2 Å². The molecule has 1 aliphatic rings. The summed E-state index contributed by atoms with van der Waals surface area (Å²) in [5, 5.41) is 10.4. The quantitative estimate of drug-likeness (QED) is 0.797. The predicted molar refractivity (Wildman–Crippen MR) is 66.1 cm³/mol. The lowest BCUT2D eigenvalue weighted by atomic mass is 9.84. The van der Waals surface area contributed by atoms with Crippen LogP contribution in [0.4, 0.5) is 0 Å². The molecule has 0 heterocycles. The van der Waals surface area contributed by atoms with Gasteiger partial charge in [0.05, 0.1) is 6.10 Å². The minimum Gasteiger partial charge on any atom is -0.392 e. The normalized spacial score (nSPS) is 21.4. The third-order valence-corrected chi connectivity index (χ3v) is 3.80. The molecule has 1 aromatic rings. The van der Waals surface area contributed by atoms with E-state index in [-0.39, 0.29) is 12.0 Å². The van der Waals surface area contributed by atoms with E-state index in [9.17, 15) is 5.11 Å². The molecule has 0 radical (unpaired) electrons. The molecule has 0 amide bonds. The van der Waals surface area contributed by atoms with Crippen molar-refractivity contribution in [1.29, 1.82) is 0 Å². The number of nitrogens with two attached hydrogens (primary N) is 1. The van der Waals surface area contributed by atoms with Crippen LogP contribution < -0.4 is 5.73 Å². The number of hydrogen-bond acceptors (Lipinski definition) is 2. The highest BCUT2D eigenvalue weighted by Crippen LogP contribution is 2.41. The second-order valence-corrected chi connectivity index (χ2v) is 4.94. The molecule has 2 rings (SSSR count). The summed E-state index contributed by atoms with van der Waals surface area (Å²) < 4.78 is 0. The van der Waals surface area contributed by atoms with Crippen LogP contribution in [-0.2, 0) is 0 Å². The van der Waals surface area contributed by atoms with E-state index < -0.39 is 0 Å². The Morgan fingerprint density at radius 1 is 1.31 bits per heavy atom. The van der Waals surface area contributed by atoms with E-state index in [0.717, 1.165) is 5.56 Å². The molecule has 88 valence electrons. The summed E-state index contributed by atoms with van der Waals surface area (Å²) in [6, 6.07) is 10.1. The lowest BCUT2D eigenvalue weighted by molar-refractivity contribution is 0.0801. The van der Waals surface area contributed by atoms with E-state index in [2.05, 4.69) is 19.1 Å². The number of aliphatic hydroxyl groups is 1. The van der Waals surface area contributed by atoms with Gasteiger partial charge >= 0.3 is 0 Å². The Balaban J connectivity index is 2.09. The minimum atomic E-state index is -0.306. The zero-order valence-electron chi connectivity index (χ0n) is 9.84. The molecule has 0 aliphatic heterocycles. The average Bonchev–Trinajstić information content (AvgIpc) is 3.14. The van der Waals surface area contributed by atoms with Gasteiger partial charge in [-0.25, -0.2) is 0 Å². The van der Waals surface area contributed by atoms with Crippen LogP contribution in [0, 0.1) is 11.8 Å². The van der Waals surface area contributed by atoms with E-state index in [4.69, 9.17) is 5.73 Å². The van der Waals surface area contributed by atoms with Gasteiger partial charge in [-0.05, 0) is 30.2 Å². The minimum absolute atomic E-state index is 0.0804. The van der Waals surface area contributed by atoms with Crippen molar-refractivity contribution in [2.24, 2.45) is 17.6 Å². The monoisotopic (exact) mass is 219 g/mol. The number of hydrogen-bond donors (Lipinski definition) is 2. The van der Waals surface area contributed by atoms with Gasteiger partial charge in [-0.2, -0.15) is 0 Å². The molecule has 2 nitrogen and oxygen atoms in total. The van der Waals surface area contributed by atoms with Crippen LogP contribution in [0.25, 0.3) is 0 Å². The van der Waals surface area contributed by atoms with Crippen molar-refractivity contribution in [3.8, 4) is 0 Å². The maximum absolute atomic E-state index is 10.4. The van der Waals surface area contributed by atoms with Gasteiger partial charge in [-0.15, -0.1) is 0 Å². The molecule has 2 heteroatoms. The van der Waals surface area contributed by atoms with Gasteiger partial charge in [-0.3, -0.25) is 0 Å². The molecular formula is C14H21NO. The standard InChI is InChI=1S/C14H21NO/c1-10(11-7-8-11)14(16)13(9-15)12-5-3-2-4-6-12/h2-6,10-11,13-14,16H,7-9,15H2,1H3. The average molecular weight is 219 g/mol. The van der Waals surface area contributed by atoms with Gasteiger partial charge in [0.15, 0.2) is 0 Å². The van der Waals surface area contributed by atoms with Gasteiger partial charge in [0.1, 0.15) is 0 Å². The van der Waals surface area contributed by atoms with Crippen LogP contribution in [0.5, 0.6) is 0 Å². The molecule has 3 unspecified atom stereocenters. The van der Waals surface area contributed by atoms with Crippen LogP contribution >= 0.6 is 0 Å². The van der Waals surface area contributed by atoms with E-state index in [1.165, 1.54) is 12.8 Å². The first-order chi connectivity index (χ1) is 7.74. The zero-order valence-corrected chi connectivity index (χ0v) is 9.84. The molecule has 1 aliphatic carbocycles. The van der Waals surface area contributed by atoms with Crippen LogP contribution in [0.1, 0.15) is 31.2 Å². The predicted octanol–water partition coefficient (Wildman–Crippen LogP) is 2.14. The Morgan fingerprint density at radius 3 is 2.44 bits per heavy atom. The second-order valence-electron chi connectivity index (χ2n) is 4.94. The molecular weight excluding hydrogens is 198 g/mol. The molecule has 0 aromatic heterocycles. The third kappa shape index (κ3) is 2.45. The van der Waals surface area contributed by atoms with E-state index in [1.54, 1.807) is 0 Å². The van der Waals surface area contributed by atoms with Gasteiger partial charge in [0.2, 0.25) is 0 Å². The Morgan fingerprint density at radius 2 is 1.94 bits per heavy atom. The fourth-order valence-electron chi connectivity index (χ4n) is 2.44. The summed E-state index contributed by atoms with van der Waals surface area (Å²) in [6.07, 6.45) is 2.23. The molecule has 1 fully saturated rings. The Bertz CT molecular complexity index is 321. The lowest BCUT2D eigenvalue weighted by Gasteiger charge is -2.27. The summed E-state index contributed by atoms with van der Waals surface area (Å²) in [4.78, 5) is 0. The molecule has 1 aromatic carbocycles. The Labute approximate surface area is 97.5 Å². The number of rotatable bonds is 5. The molecule has 16 heavy (non-hydrogen) atoms. The van der Waals surface area contributed by atoms with Gasteiger partial charge < -0.3 is 10.8 Å². The summed E-state index contributed by atoms with van der Waals surface area (Å²) in [5.41, 5.74) is 6.96. The van der Waals surface area contributed by atoms with Crippen molar-refractivity contribution in [2.75, 3.05) is 6.54 Å². The summed E-state index contributed by atoms with van der Waals surface area (Å²) in [5.74, 6) is 1.17. The van der Waals surface area contributed by atoms with Crippen LogP contribution in [0.15, 0.2) is 30.3 Å². The first kappa shape index (κ1) is 11.6. The first-order valence-corrected chi connectivity index (χ1v) is 6.17. The maximum Gasteiger partial charge on any atom is 0.0648 e. The van der Waals surface area contributed by atoms with Crippen molar-refractivity contribution in [2.45, 2.75) is 31.8 Å². The fraction of sp³-hybridized carbons (Fsp3) is 0.571. The molecule has 0 spiro atoms. The highest BCUT2D eigenvalue weighted by atomic mass is 16.3. The molecule has 3 N–H and O–H groups in total. The third-order valence-electron chi connectivity index (χ3n) is 3.80. The van der Waals surface area contributed by atoms with Crippen molar-refractivity contribution < 1.29 is 5.11 Å². The van der Waals surface area contributed by atoms with Crippen LogP contribution in [0.3, 0.4) is 0 Å². The summed E-state index contributed by atoms with van der Waals surface area (Å²) in [6.45, 7) is 2.66. The van der Waals surface area contributed by atoms with E-state index in [0.29, 0.717) is 18.4 Å². The molecule has 1 saturated carbocycles. The lowest BCUT2D eigenvalue weighted by Crippen LogP contribution is -2.32. The SMILES string of the molecule is CC(C1CC1)C(O)C(CN)c1ccccc1. The van der Waals surface area contributed by atoms with Crippen molar-refractivity contribution >= 4 is 0 Å². The first-order valence-electron chi connectivity index (χ1n) is 6.17. The molecule has 3 atom stereocenters. The van der Waals surface area contributed by atoms with Crippen molar-refractivity contribution in [1.82, 2.24) is 0 Å². The van der Waals surface area contributed by atoms with E-state index >= 15 is 0 Å². The summed E-state index contributed by atoms with van der Waals surface area (Å²) >= 11 is 0.